The van der Waals surface area contributed by atoms with Crippen molar-refractivity contribution in [2.24, 2.45) is 0 Å². The Morgan fingerprint density at radius 2 is 1.72 bits per heavy atom. The molecule has 1 aliphatic rings. The van der Waals surface area contributed by atoms with Crippen LogP contribution < -0.4 is 10.1 Å². The third kappa shape index (κ3) is 5.27. The standard InChI is InChI=1S/C14H12N2O.C12H16N2O/c1-17-12-6-4-5-11(9-12)14-13-7-2-3-8-16(13)10-15-14;15-12(14-9-5-2-6-10-14)13-11-7-3-1-4-8-11/h2-10H,1H3;1,3-4,7-8H,2,5-6,9-10H2,(H,13,15). The van der Waals surface area contributed by atoms with E-state index in [0.717, 1.165) is 54.1 Å². The molecular weight excluding hydrogens is 400 g/mol. The summed E-state index contributed by atoms with van der Waals surface area (Å²) in [6.45, 7) is 1.78. The zero-order valence-corrected chi connectivity index (χ0v) is 18.3. The number of hydrogen-bond donors (Lipinski definition) is 1. The second-order valence-corrected chi connectivity index (χ2v) is 7.66. The summed E-state index contributed by atoms with van der Waals surface area (Å²) in [6.07, 6.45) is 7.32. The number of carbonyl (C=O) groups excluding carboxylic acids is 1. The number of para-hydroxylation sites is 1. The molecule has 4 aromatic rings. The summed E-state index contributed by atoms with van der Waals surface area (Å²) in [6, 6.07) is 23.6. The van der Waals surface area contributed by atoms with Gasteiger partial charge in [0.2, 0.25) is 0 Å². The number of ether oxygens (including phenoxy) is 1. The number of likely N-dealkylation sites (tertiary alicyclic amines) is 1. The molecule has 0 aliphatic carbocycles. The molecular formula is C26H28N4O2. The Kier molecular flexibility index (Phi) is 7.02. The minimum Gasteiger partial charge on any atom is -0.497 e. The summed E-state index contributed by atoms with van der Waals surface area (Å²) in [7, 11) is 1.67. The molecule has 0 radical (unpaired) electrons. The van der Waals surface area contributed by atoms with Gasteiger partial charge in [0.1, 0.15) is 5.75 Å². The molecule has 2 aromatic carbocycles. The van der Waals surface area contributed by atoms with Gasteiger partial charge >= 0.3 is 6.03 Å². The lowest BCUT2D eigenvalue weighted by Gasteiger charge is -2.26. The van der Waals surface area contributed by atoms with Crippen LogP contribution in [0.5, 0.6) is 5.75 Å². The van der Waals surface area contributed by atoms with E-state index in [1.807, 2.05) is 88.6 Å². The van der Waals surface area contributed by atoms with Gasteiger partial charge in [0.25, 0.3) is 0 Å². The summed E-state index contributed by atoms with van der Waals surface area (Å²) in [5, 5.41) is 2.90. The van der Waals surface area contributed by atoms with E-state index < -0.39 is 0 Å². The van der Waals surface area contributed by atoms with Gasteiger partial charge in [-0.1, -0.05) is 36.4 Å². The Morgan fingerprint density at radius 3 is 2.50 bits per heavy atom. The fourth-order valence-electron chi connectivity index (χ4n) is 3.76. The number of rotatable bonds is 3. The summed E-state index contributed by atoms with van der Waals surface area (Å²) in [5.41, 5.74) is 4.01. The van der Waals surface area contributed by atoms with Crippen LogP contribution in [0.4, 0.5) is 10.5 Å². The van der Waals surface area contributed by atoms with E-state index >= 15 is 0 Å². The van der Waals surface area contributed by atoms with Gasteiger partial charge < -0.3 is 19.4 Å². The maximum Gasteiger partial charge on any atom is 0.321 e. The van der Waals surface area contributed by atoms with E-state index in [1.54, 1.807) is 7.11 Å². The number of anilines is 1. The molecule has 0 spiro atoms. The lowest BCUT2D eigenvalue weighted by atomic mass is 10.1. The average molecular weight is 429 g/mol. The highest BCUT2D eigenvalue weighted by Crippen LogP contribution is 2.26. The highest BCUT2D eigenvalue weighted by Gasteiger charge is 2.15. The van der Waals surface area contributed by atoms with Crippen LogP contribution in [0.25, 0.3) is 16.8 Å². The van der Waals surface area contributed by atoms with E-state index in [1.165, 1.54) is 6.42 Å². The van der Waals surface area contributed by atoms with Gasteiger partial charge in [-0.15, -0.1) is 0 Å². The number of nitrogens with one attached hydrogen (secondary N) is 1. The topological polar surface area (TPSA) is 58.9 Å². The van der Waals surface area contributed by atoms with Gasteiger partial charge in [-0.3, -0.25) is 0 Å². The summed E-state index contributed by atoms with van der Waals surface area (Å²) >= 11 is 0. The highest BCUT2D eigenvalue weighted by atomic mass is 16.5. The normalized spacial score (nSPS) is 13.2. The van der Waals surface area contributed by atoms with E-state index in [9.17, 15) is 4.79 Å². The minimum absolute atomic E-state index is 0.0286. The number of urea groups is 1. The van der Waals surface area contributed by atoms with Gasteiger partial charge in [0, 0.05) is 30.5 Å². The van der Waals surface area contributed by atoms with Crippen molar-refractivity contribution in [2.45, 2.75) is 19.3 Å². The molecule has 32 heavy (non-hydrogen) atoms. The monoisotopic (exact) mass is 428 g/mol. The fourth-order valence-corrected chi connectivity index (χ4v) is 3.76. The molecule has 1 saturated heterocycles. The number of benzene rings is 2. The Labute approximate surface area is 188 Å². The Hall–Kier alpha value is -3.80. The van der Waals surface area contributed by atoms with Crippen molar-refractivity contribution in [2.75, 3.05) is 25.5 Å². The predicted molar refractivity (Wildman–Crippen MR) is 128 cm³/mol. The maximum absolute atomic E-state index is 11.8. The number of piperidine rings is 1. The SMILES string of the molecule is COc1cccc(-c2ncn3ccccc23)c1.O=C(Nc1ccccc1)N1CCCCC1. The van der Waals surface area contributed by atoms with Gasteiger partial charge in [-0.25, -0.2) is 9.78 Å². The van der Waals surface area contributed by atoms with Gasteiger partial charge in [-0.05, 0) is 55.7 Å². The number of aromatic nitrogens is 2. The van der Waals surface area contributed by atoms with Gasteiger partial charge in [0.05, 0.1) is 24.6 Å². The molecule has 0 atom stereocenters. The third-order valence-electron chi connectivity index (χ3n) is 5.46. The van der Waals surface area contributed by atoms with E-state index in [4.69, 9.17) is 4.74 Å². The van der Waals surface area contributed by atoms with Crippen LogP contribution >= 0.6 is 0 Å². The molecule has 1 fully saturated rings. The first-order valence-electron chi connectivity index (χ1n) is 10.9. The van der Waals surface area contributed by atoms with Crippen LogP contribution in [0, 0.1) is 0 Å². The predicted octanol–water partition coefficient (Wildman–Crippen LogP) is 5.71. The summed E-state index contributed by atoms with van der Waals surface area (Å²) in [5.74, 6) is 0.847. The van der Waals surface area contributed by atoms with Crippen LogP contribution in [-0.4, -0.2) is 40.5 Å². The number of carbonyl (C=O) groups is 1. The third-order valence-corrected chi connectivity index (χ3v) is 5.46. The molecule has 164 valence electrons. The van der Waals surface area contributed by atoms with Crippen molar-refractivity contribution >= 4 is 17.2 Å². The van der Waals surface area contributed by atoms with Crippen molar-refractivity contribution in [3.8, 4) is 17.0 Å². The highest BCUT2D eigenvalue weighted by molar-refractivity contribution is 5.89. The quantitative estimate of drug-likeness (QED) is 0.454. The Morgan fingerprint density at radius 1 is 0.938 bits per heavy atom. The van der Waals surface area contributed by atoms with E-state index in [0.29, 0.717) is 0 Å². The second-order valence-electron chi connectivity index (χ2n) is 7.66. The van der Waals surface area contributed by atoms with Crippen molar-refractivity contribution in [3.05, 3.63) is 85.3 Å². The lowest BCUT2D eigenvalue weighted by molar-refractivity contribution is 0.200. The maximum atomic E-state index is 11.8. The zero-order chi connectivity index (χ0) is 22.2. The minimum atomic E-state index is 0.0286. The molecule has 1 aliphatic heterocycles. The molecule has 3 heterocycles. The number of pyridine rings is 1. The average Bonchev–Trinajstić information content (AvgIpc) is 3.30. The van der Waals surface area contributed by atoms with E-state index in [2.05, 4.69) is 16.4 Å². The number of imidazole rings is 1. The van der Waals surface area contributed by atoms with Crippen molar-refractivity contribution < 1.29 is 9.53 Å². The zero-order valence-electron chi connectivity index (χ0n) is 18.3. The first-order chi connectivity index (χ1) is 15.7. The first-order valence-corrected chi connectivity index (χ1v) is 10.9. The number of fused-ring (bicyclic) bond motifs is 1. The molecule has 2 aromatic heterocycles. The fraction of sp³-hybridized carbons (Fsp3) is 0.231. The Balaban J connectivity index is 0.000000155. The Bertz CT molecular complexity index is 1150. The molecule has 6 heteroatoms. The molecule has 5 rings (SSSR count). The largest absolute Gasteiger partial charge is 0.497 e. The van der Waals surface area contributed by atoms with Crippen LogP contribution in [0.1, 0.15) is 19.3 Å². The summed E-state index contributed by atoms with van der Waals surface area (Å²) < 4.78 is 7.24. The molecule has 0 saturated carbocycles. The molecule has 2 amide bonds. The molecule has 1 N–H and O–H groups in total. The first kappa shape index (κ1) is 21.4. The molecule has 0 unspecified atom stereocenters. The number of methoxy groups -OCH3 is 1. The summed E-state index contributed by atoms with van der Waals surface area (Å²) in [4.78, 5) is 18.1. The second kappa shape index (κ2) is 10.5. The van der Waals surface area contributed by atoms with E-state index in [-0.39, 0.29) is 6.03 Å². The van der Waals surface area contributed by atoms with Crippen molar-refractivity contribution in [1.82, 2.24) is 14.3 Å². The number of amides is 2. The number of hydrogen-bond acceptors (Lipinski definition) is 3. The van der Waals surface area contributed by atoms with Gasteiger partial charge in [0.15, 0.2) is 0 Å². The van der Waals surface area contributed by atoms with Crippen LogP contribution in [0.2, 0.25) is 0 Å². The van der Waals surface area contributed by atoms with Crippen molar-refractivity contribution in [3.63, 3.8) is 0 Å². The van der Waals surface area contributed by atoms with Crippen LogP contribution in [0.15, 0.2) is 85.3 Å². The van der Waals surface area contributed by atoms with Crippen LogP contribution in [-0.2, 0) is 0 Å². The molecule has 6 nitrogen and oxygen atoms in total. The lowest BCUT2D eigenvalue weighted by Crippen LogP contribution is -2.38. The van der Waals surface area contributed by atoms with Crippen LogP contribution in [0.3, 0.4) is 0 Å². The van der Waals surface area contributed by atoms with Crippen molar-refractivity contribution in [1.29, 1.82) is 0 Å². The van der Waals surface area contributed by atoms with Gasteiger partial charge in [-0.2, -0.15) is 0 Å². The smallest absolute Gasteiger partial charge is 0.321 e. The number of nitrogens with zero attached hydrogens (tertiary/aromatic N) is 3. The molecule has 0 bridgehead atoms.